The highest BCUT2D eigenvalue weighted by atomic mass is 127. The van der Waals surface area contributed by atoms with E-state index in [4.69, 9.17) is 20.6 Å². The number of nitrogens with one attached hydrogen (secondary N) is 3. The normalized spacial score (nSPS) is 19.1. The molecule has 0 aliphatic carbocycles. The Kier molecular flexibility index (Phi) is 30.3. The minimum atomic E-state index is -3.11. The third-order valence-corrected chi connectivity index (χ3v) is 18.9. The topological polar surface area (TPSA) is 294 Å². The van der Waals surface area contributed by atoms with Crippen molar-refractivity contribution in [2.75, 3.05) is 151 Å². The number of aromatic nitrogens is 1. The zero-order valence-corrected chi connectivity index (χ0v) is 55.8. The number of alkyl halides is 2. The van der Waals surface area contributed by atoms with Gasteiger partial charge in [0.25, 0.3) is 24.8 Å². The molecule has 94 heavy (non-hydrogen) atoms. The molecule has 3 aromatic rings. The van der Waals surface area contributed by atoms with E-state index in [1.54, 1.807) is 28.0 Å². The number of hydrogen-bond acceptors (Lipinski definition) is 20. The predicted molar refractivity (Wildman–Crippen MR) is 352 cm³/mol. The summed E-state index contributed by atoms with van der Waals surface area (Å²) in [6.07, 6.45) is 11.3. The molecule has 1 unspecified atom stereocenters. The van der Waals surface area contributed by atoms with Crippen LogP contribution in [-0.2, 0) is 59.0 Å². The van der Waals surface area contributed by atoms with Crippen molar-refractivity contribution in [3.8, 4) is 18.1 Å². The molecule has 4 N–H and O–H groups in total. The van der Waals surface area contributed by atoms with Gasteiger partial charge in [-0.15, -0.1) is 18.2 Å². The lowest BCUT2D eigenvalue weighted by atomic mass is 10.1. The molecular weight excluding hydrogens is 1360 g/mol. The highest BCUT2D eigenvalue weighted by molar-refractivity contribution is 14.1. The van der Waals surface area contributed by atoms with Crippen LogP contribution in [0.2, 0.25) is 0 Å². The number of halogens is 3. The van der Waals surface area contributed by atoms with Gasteiger partial charge in [-0.1, -0.05) is 30.9 Å². The van der Waals surface area contributed by atoms with Gasteiger partial charge in [-0.3, -0.25) is 82.3 Å². The number of nitrogens with zero attached hydrogens (tertiary/aromatic N) is 9. The van der Waals surface area contributed by atoms with Gasteiger partial charge < -0.3 is 45.1 Å². The molecule has 512 valence electrons. The van der Waals surface area contributed by atoms with E-state index in [1.807, 2.05) is 26.8 Å². The number of unbranched alkanes of at least 4 members (excludes halogenated alkanes) is 2. The number of hydrogen-bond donors (Lipinski definition) is 4. The maximum atomic E-state index is 14.1. The summed E-state index contributed by atoms with van der Waals surface area (Å²) >= 11 is 3.56. The minimum absolute atomic E-state index is 0.00821. The Labute approximate surface area is 563 Å². The summed E-state index contributed by atoms with van der Waals surface area (Å²) < 4.78 is 45.3. The van der Waals surface area contributed by atoms with E-state index in [1.165, 1.54) is 29.6 Å². The smallest absolute Gasteiger partial charge is 0.317 e. The Balaban J connectivity index is 0.879. The number of benzene rings is 2. The van der Waals surface area contributed by atoms with Crippen molar-refractivity contribution in [1.29, 1.82) is 0 Å². The van der Waals surface area contributed by atoms with Gasteiger partial charge in [0, 0.05) is 138 Å². The quantitative estimate of drug-likeness (QED) is 0.0218. The number of pyridine rings is 1. The van der Waals surface area contributed by atoms with Gasteiger partial charge in [0.05, 0.1) is 55.2 Å². The molecule has 5 heterocycles. The average Bonchev–Trinajstić information content (AvgIpc) is 1.27. The van der Waals surface area contributed by atoms with Crippen LogP contribution in [0.15, 0.2) is 54.7 Å². The van der Waals surface area contributed by atoms with Gasteiger partial charge in [-0.05, 0) is 96.7 Å². The Morgan fingerprint density at radius 3 is 2.09 bits per heavy atom. The second-order valence-corrected chi connectivity index (χ2v) is 26.4. The fourth-order valence-corrected chi connectivity index (χ4v) is 13.3. The number of rotatable bonds is 34. The summed E-state index contributed by atoms with van der Waals surface area (Å²) in [6, 6.07) is 13.7. The van der Waals surface area contributed by atoms with Gasteiger partial charge >= 0.3 is 5.97 Å². The molecule has 0 spiro atoms. The third kappa shape index (κ3) is 24.6. The zero-order chi connectivity index (χ0) is 67.4. The van der Waals surface area contributed by atoms with Crippen LogP contribution in [0.1, 0.15) is 73.7 Å². The van der Waals surface area contributed by atoms with E-state index in [-0.39, 0.29) is 68.1 Å². The van der Waals surface area contributed by atoms with E-state index in [9.17, 15) is 61.8 Å². The van der Waals surface area contributed by atoms with Crippen LogP contribution in [0.25, 0.3) is 10.9 Å². The van der Waals surface area contributed by atoms with Gasteiger partial charge in [-0.2, -0.15) is 0 Å². The lowest BCUT2D eigenvalue weighted by Gasteiger charge is -2.35. The second-order valence-electron chi connectivity index (χ2n) is 23.6. The molecule has 4 fully saturated rings. The minimum Gasteiger partial charge on any atom is -0.494 e. The highest BCUT2D eigenvalue weighted by Crippen LogP contribution is 2.33. The number of aryl methyl sites for hydroxylation is 1. The first-order valence-electron chi connectivity index (χ1n) is 31.7. The average molecular weight is 1440 g/mol. The third-order valence-electron chi connectivity index (χ3n) is 16.7. The first-order valence-corrected chi connectivity index (χ1v) is 33.7. The van der Waals surface area contributed by atoms with E-state index in [0.29, 0.717) is 160 Å². The molecule has 4 aliphatic rings. The summed E-state index contributed by atoms with van der Waals surface area (Å²) in [5.74, 6) is -4.39. The van der Waals surface area contributed by atoms with Gasteiger partial charge in [0.1, 0.15) is 25.8 Å². The zero-order valence-electron chi connectivity index (χ0n) is 52.8. The van der Waals surface area contributed by atoms with Crippen LogP contribution >= 0.6 is 34.4 Å². The molecule has 3 atom stereocenters. The fraction of sp³-hybridized carbons (Fsp3) is 0.578. The molecule has 4 aliphatic heterocycles. The van der Waals surface area contributed by atoms with Crippen LogP contribution in [0, 0.1) is 15.9 Å². The highest BCUT2D eigenvalue weighted by Gasteiger charge is 2.46. The van der Waals surface area contributed by atoms with Crippen molar-refractivity contribution in [2.45, 2.75) is 86.7 Å². The molecule has 0 bridgehead atoms. The number of ether oxygens (including phenoxy) is 3. The van der Waals surface area contributed by atoms with Crippen LogP contribution < -0.4 is 20.7 Å². The number of aliphatic carboxylic acids is 1. The molecule has 7 rings (SSSR count). The Morgan fingerprint density at radius 1 is 0.766 bits per heavy atom. The number of carbonyl (C=O) groups excluding carboxylic acids is 9. The van der Waals surface area contributed by atoms with Crippen LogP contribution in [0.4, 0.5) is 8.78 Å². The number of carbonyl (C=O) groups is 10. The van der Waals surface area contributed by atoms with Crippen LogP contribution in [-0.4, -0.2) is 283 Å². The van der Waals surface area contributed by atoms with E-state index in [0.717, 1.165) is 32.6 Å². The van der Waals surface area contributed by atoms with Crippen molar-refractivity contribution < 1.29 is 76.0 Å². The number of thioether (sulfide) groups is 1. The molecule has 1 aromatic heterocycles. The first kappa shape index (κ1) is 74.2. The van der Waals surface area contributed by atoms with E-state index in [2.05, 4.69) is 66.5 Å². The molecule has 0 saturated carbocycles. The number of imide groups is 1. The molecule has 26 nitrogen and oxygen atoms in total. The molecule has 30 heteroatoms. The number of piperazine rings is 1. The number of likely N-dealkylation sites (tertiary alicyclic amines) is 2. The summed E-state index contributed by atoms with van der Waals surface area (Å²) in [6.45, 7) is 4.92. The molecule has 0 radical (unpaired) electrons. The summed E-state index contributed by atoms with van der Waals surface area (Å²) in [7, 11) is 0. The summed E-state index contributed by atoms with van der Waals surface area (Å²) in [5, 5.41) is 17.6. The fourth-order valence-electron chi connectivity index (χ4n) is 11.5. The number of carboxylic acid groups (broad SMARTS) is 1. The predicted octanol–water partition coefficient (Wildman–Crippen LogP) is 1.96. The van der Waals surface area contributed by atoms with Crippen molar-refractivity contribution in [1.82, 2.24) is 60.1 Å². The van der Waals surface area contributed by atoms with Crippen molar-refractivity contribution in [2.24, 2.45) is 0 Å². The number of terminal acetylenes is 1. The standard InChI is InChI=1S/C64H85F2IN12O14S/c1-2-49-36-64(65,66)42-79(49)59(85)38-71-62(89)52-17-19-68-54-16-15-50(34-53(52)54)93-33-7-20-72-29-31-77(32-30-72)60(86)40-78-58(84)35-55(63(78)90)94-51(9-4-3-5-18-69-56(82)10-6-8-47-11-13-48(67)14-12-47)37-70-57(83)39-73-21-22-74(41-61(87)88)24-26-76(44-92-46-81)28-27-75(25-23-73)43-91-45-80/h1,11-17,19,34,45-46,49,51,55H,3-10,18,20-33,35-44H2,(H,69,82)(H,70,83)(H,71,89)(H,87,88)/t49-,51+,55?/m0/s1. The van der Waals surface area contributed by atoms with Crippen molar-refractivity contribution in [3.63, 3.8) is 0 Å². The molecule has 7 amide bonds. The van der Waals surface area contributed by atoms with Gasteiger partial charge in [0.2, 0.25) is 35.4 Å². The molecule has 2 aromatic carbocycles. The van der Waals surface area contributed by atoms with Gasteiger partial charge in [0.15, 0.2) is 0 Å². The molecular formula is C64H85F2IN12O14S. The molecule has 4 saturated heterocycles. The van der Waals surface area contributed by atoms with Crippen LogP contribution in [0.3, 0.4) is 0 Å². The summed E-state index contributed by atoms with van der Waals surface area (Å²) in [5.41, 5.74) is 1.88. The SMILES string of the molecule is C#C[C@H]1CC(F)(F)CN1C(=O)CNC(=O)c1ccnc2ccc(OCCCN3CCN(C(=O)CN4C(=O)CC(S[C@H](CCCCCNC(=O)CCCc5ccc(I)cc5)CNC(=O)CN5CCN(COC=O)CCN(COC=O)CCN(CC(=O)O)CC5)C4=O)CC3)cc12. The largest absolute Gasteiger partial charge is 0.494 e. The van der Waals surface area contributed by atoms with Crippen LogP contribution in [0.5, 0.6) is 5.75 Å². The van der Waals surface area contributed by atoms with E-state index >= 15 is 0 Å². The Hall–Kier alpha value is -7.15. The number of carboxylic acids is 1. The maximum absolute atomic E-state index is 14.1. The monoisotopic (exact) mass is 1440 g/mol. The van der Waals surface area contributed by atoms with E-state index < -0.39 is 72.9 Å². The Bertz CT molecular complexity index is 3110. The number of amides is 7. The lowest BCUT2D eigenvalue weighted by molar-refractivity contribution is -0.146. The second kappa shape index (κ2) is 38.4. The first-order chi connectivity index (χ1) is 45.3. The lowest BCUT2D eigenvalue weighted by Crippen LogP contribution is -2.52. The van der Waals surface area contributed by atoms with Crippen molar-refractivity contribution >= 4 is 106 Å². The van der Waals surface area contributed by atoms with Crippen molar-refractivity contribution in [3.05, 3.63) is 69.4 Å². The van der Waals surface area contributed by atoms with Gasteiger partial charge in [-0.25, -0.2) is 8.78 Å². The number of fused-ring (bicyclic) bond motifs is 1. The maximum Gasteiger partial charge on any atom is 0.317 e. The Morgan fingerprint density at radius 2 is 1.43 bits per heavy atom. The summed E-state index contributed by atoms with van der Waals surface area (Å²) in [4.78, 5) is 146.